The Bertz CT molecular complexity index is 296. The van der Waals surface area contributed by atoms with Gasteiger partial charge in [-0.3, -0.25) is 4.79 Å². The third kappa shape index (κ3) is 1.85. The van der Waals surface area contributed by atoms with Gasteiger partial charge in [0.15, 0.2) is 0 Å². The molecule has 1 amide bonds. The van der Waals surface area contributed by atoms with E-state index < -0.39 is 0 Å². The molecule has 0 radical (unpaired) electrons. The molecule has 0 aliphatic rings. The Hall–Kier alpha value is -0.830. The summed E-state index contributed by atoms with van der Waals surface area (Å²) in [6.45, 7) is 6.34. The molecule has 0 bridgehead atoms. The molecular formula is C9H13NOS. The molecule has 1 aromatic rings. The number of thiophene rings is 1. The van der Waals surface area contributed by atoms with Crippen molar-refractivity contribution in [3.63, 3.8) is 0 Å². The van der Waals surface area contributed by atoms with E-state index in [4.69, 9.17) is 5.73 Å². The predicted octanol–water partition coefficient (Wildman–Crippen LogP) is 2.14. The molecule has 0 spiro atoms. The van der Waals surface area contributed by atoms with E-state index >= 15 is 0 Å². The lowest BCUT2D eigenvalue weighted by molar-refractivity contribution is 0.100. The molecule has 2 N–H and O–H groups in total. The van der Waals surface area contributed by atoms with Gasteiger partial charge in [0, 0.05) is 10.3 Å². The molecule has 1 aromatic heterocycles. The van der Waals surface area contributed by atoms with Crippen molar-refractivity contribution in [1.29, 1.82) is 0 Å². The van der Waals surface area contributed by atoms with Crippen LogP contribution in [0, 0.1) is 0 Å². The average Bonchev–Trinajstić information content (AvgIpc) is 2.30. The van der Waals surface area contributed by atoms with Crippen LogP contribution < -0.4 is 5.73 Å². The fourth-order valence-corrected chi connectivity index (χ4v) is 1.85. The van der Waals surface area contributed by atoms with Crippen molar-refractivity contribution in [1.82, 2.24) is 0 Å². The highest BCUT2D eigenvalue weighted by atomic mass is 32.1. The number of hydrogen-bond donors (Lipinski definition) is 1. The van der Waals surface area contributed by atoms with Crippen LogP contribution in [-0.4, -0.2) is 5.91 Å². The molecule has 0 saturated carbocycles. The van der Waals surface area contributed by atoms with E-state index in [-0.39, 0.29) is 11.3 Å². The second kappa shape index (κ2) is 2.90. The predicted molar refractivity (Wildman–Crippen MR) is 51.5 cm³/mol. The lowest BCUT2D eigenvalue weighted by Crippen LogP contribution is -2.11. The molecule has 1 heterocycles. The second-order valence-corrected chi connectivity index (χ2v) is 4.73. The van der Waals surface area contributed by atoms with Gasteiger partial charge in [-0.1, -0.05) is 20.8 Å². The van der Waals surface area contributed by atoms with Gasteiger partial charge >= 0.3 is 0 Å². The van der Waals surface area contributed by atoms with Crippen LogP contribution in [0.25, 0.3) is 0 Å². The first-order valence-electron chi connectivity index (χ1n) is 3.80. The molecule has 0 saturated heterocycles. The summed E-state index contributed by atoms with van der Waals surface area (Å²) < 4.78 is 0. The summed E-state index contributed by atoms with van der Waals surface area (Å²) in [5, 5.41) is 1.81. The van der Waals surface area contributed by atoms with Gasteiger partial charge in [0.1, 0.15) is 0 Å². The normalized spacial score (nSPS) is 11.6. The zero-order chi connectivity index (χ0) is 9.35. The Labute approximate surface area is 76.4 Å². The van der Waals surface area contributed by atoms with Crippen molar-refractivity contribution in [3.8, 4) is 0 Å². The summed E-state index contributed by atoms with van der Waals surface area (Å²) in [6, 6.07) is 1.87. The summed E-state index contributed by atoms with van der Waals surface area (Å²) in [5.74, 6) is -0.346. The molecule has 3 heteroatoms. The number of rotatable bonds is 1. The van der Waals surface area contributed by atoms with E-state index in [0.29, 0.717) is 5.56 Å². The van der Waals surface area contributed by atoms with E-state index in [2.05, 4.69) is 20.8 Å². The van der Waals surface area contributed by atoms with Gasteiger partial charge in [0.2, 0.25) is 5.91 Å². The lowest BCUT2D eigenvalue weighted by Gasteiger charge is -2.14. The summed E-state index contributed by atoms with van der Waals surface area (Å²) in [7, 11) is 0. The zero-order valence-corrected chi connectivity index (χ0v) is 8.37. The molecule has 0 aliphatic heterocycles. The number of primary amides is 1. The zero-order valence-electron chi connectivity index (χ0n) is 7.55. The molecule has 12 heavy (non-hydrogen) atoms. The van der Waals surface area contributed by atoms with Gasteiger partial charge < -0.3 is 5.73 Å². The summed E-state index contributed by atoms with van der Waals surface area (Å²) in [5.41, 5.74) is 5.86. The van der Waals surface area contributed by atoms with Crippen molar-refractivity contribution in [3.05, 3.63) is 21.9 Å². The second-order valence-electron chi connectivity index (χ2n) is 3.81. The summed E-state index contributed by atoms with van der Waals surface area (Å²) in [6.07, 6.45) is 0. The van der Waals surface area contributed by atoms with Gasteiger partial charge in [0.05, 0.1) is 5.56 Å². The highest BCUT2D eigenvalue weighted by Crippen LogP contribution is 2.28. The van der Waals surface area contributed by atoms with Crippen LogP contribution in [0.4, 0.5) is 0 Å². The maximum absolute atomic E-state index is 10.8. The van der Waals surface area contributed by atoms with Crippen molar-refractivity contribution in [2.75, 3.05) is 0 Å². The Morgan fingerprint density at radius 3 is 2.33 bits per heavy atom. The number of hydrogen-bond acceptors (Lipinski definition) is 2. The SMILES string of the molecule is CC(C)(C)c1cc(C(N)=O)cs1. The molecular weight excluding hydrogens is 170 g/mol. The smallest absolute Gasteiger partial charge is 0.249 e. The van der Waals surface area contributed by atoms with Crippen molar-refractivity contribution in [2.45, 2.75) is 26.2 Å². The number of nitrogens with two attached hydrogens (primary N) is 1. The molecule has 2 nitrogen and oxygen atoms in total. The highest BCUT2D eigenvalue weighted by molar-refractivity contribution is 7.10. The van der Waals surface area contributed by atoms with Crippen molar-refractivity contribution >= 4 is 17.2 Å². The molecule has 66 valence electrons. The van der Waals surface area contributed by atoms with E-state index in [1.165, 1.54) is 4.88 Å². The van der Waals surface area contributed by atoms with Gasteiger partial charge in [-0.25, -0.2) is 0 Å². The topological polar surface area (TPSA) is 43.1 Å². The van der Waals surface area contributed by atoms with Crippen LogP contribution in [0.2, 0.25) is 0 Å². The fourth-order valence-electron chi connectivity index (χ4n) is 0.859. The summed E-state index contributed by atoms with van der Waals surface area (Å²) in [4.78, 5) is 12.0. The Balaban J connectivity index is 3.00. The van der Waals surface area contributed by atoms with Crippen LogP contribution in [-0.2, 0) is 5.41 Å². The maximum Gasteiger partial charge on any atom is 0.249 e. The number of amides is 1. The van der Waals surface area contributed by atoms with E-state index in [9.17, 15) is 4.79 Å². The van der Waals surface area contributed by atoms with Gasteiger partial charge in [0.25, 0.3) is 0 Å². The van der Waals surface area contributed by atoms with Crippen LogP contribution in [0.5, 0.6) is 0 Å². The molecule has 0 fully saturated rings. The van der Waals surface area contributed by atoms with Crippen LogP contribution in [0.1, 0.15) is 36.0 Å². The molecule has 0 aromatic carbocycles. The summed E-state index contributed by atoms with van der Waals surface area (Å²) >= 11 is 1.58. The molecule has 0 atom stereocenters. The number of carbonyl (C=O) groups is 1. The number of carbonyl (C=O) groups excluding carboxylic acids is 1. The third-order valence-electron chi connectivity index (χ3n) is 1.62. The molecule has 0 unspecified atom stereocenters. The Kier molecular flexibility index (Phi) is 2.24. The quantitative estimate of drug-likeness (QED) is 0.712. The minimum atomic E-state index is -0.346. The lowest BCUT2D eigenvalue weighted by atomic mass is 9.94. The van der Waals surface area contributed by atoms with Crippen molar-refractivity contribution < 1.29 is 4.79 Å². The molecule has 1 rings (SSSR count). The van der Waals surface area contributed by atoms with E-state index in [0.717, 1.165) is 0 Å². The first-order valence-corrected chi connectivity index (χ1v) is 4.68. The first kappa shape index (κ1) is 9.26. The van der Waals surface area contributed by atoms with Crippen LogP contribution in [0.3, 0.4) is 0 Å². The molecule has 0 aliphatic carbocycles. The average molecular weight is 183 g/mol. The standard InChI is InChI=1S/C9H13NOS/c1-9(2,3)7-4-6(5-12-7)8(10)11/h4-5H,1-3H3,(H2,10,11). The fraction of sp³-hybridized carbons (Fsp3) is 0.444. The van der Waals surface area contributed by atoms with Gasteiger partial charge in [-0.15, -0.1) is 11.3 Å². The van der Waals surface area contributed by atoms with E-state index in [1.54, 1.807) is 11.3 Å². The van der Waals surface area contributed by atoms with Crippen LogP contribution >= 0.6 is 11.3 Å². The van der Waals surface area contributed by atoms with Gasteiger partial charge in [-0.2, -0.15) is 0 Å². The largest absolute Gasteiger partial charge is 0.366 e. The maximum atomic E-state index is 10.8. The van der Waals surface area contributed by atoms with Gasteiger partial charge in [-0.05, 0) is 11.5 Å². The Morgan fingerprint density at radius 2 is 2.08 bits per heavy atom. The van der Waals surface area contributed by atoms with Crippen molar-refractivity contribution in [2.24, 2.45) is 5.73 Å². The first-order chi connectivity index (χ1) is 5.41. The third-order valence-corrected chi connectivity index (χ3v) is 2.98. The minimum absolute atomic E-state index is 0.109. The van der Waals surface area contributed by atoms with E-state index in [1.807, 2.05) is 11.4 Å². The Morgan fingerprint density at radius 1 is 1.50 bits per heavy atom. The monoisotopic (exact) mass is 183 g/mol. The minimum Gasteiger partial charge on any atom is -0.366 e. The highest BCUT2D eigenvalue weighted by Gasteiger charge is 2.16. The van der Waals surface area contributed by atoms with Crippen LogP contribution in [0.15, 0.2) is 11.4 Å².